The van der Waals surface area contributed by atoms with Crippen LogP contribution in [0, 0.1) is 0 Å². The normalized spacial score (nSPS) is 18.3. The molecule has 0 aliphatic carbocycles. The van der Waals surface area contributed by atoms with E-state index >= 15 is 0 Å². The largest absolute Gasteiger partial charge is 0.461 e. The number of rotatable bonds is 7. The van der Waals surface area contributed by atoms with Gasteiger partial charge in [0.25, 0.3) is 0 Å². The number of ether oxygens (including phenoxy) is 1. The molecule has 1 aliphatic heterocycles. The summed E-state index contributed by atoms with van der Waals surface area (Å²) in [6.45, 7) is 2.75. The zero-order valence-corrected chi connectivity index (χ0v) is 12.9. The van der Waals surface area contributed by atoms with Crippen LogP contribution in [0.3, 0.4) is 0 Å². The third-order valence-corrected chi connectivity index (χ3v) is 4.40. The Morgan fingerprint density at radius 1 is 1.62 bits per heavy atom. The fourth-order valence-corrected chi connectivity index (χ4v) is 3.23. The standard InChI is InChI=1S/C14H20N2O4S/c1-2-20-14(19)11-9-21-12(15-11)4-3-7-16-10(8-17)5-6-13(16)18/h9-10,17H,2-8H2,1H3. The molecule has 1 aliphatic rings. The maximum Gasteiger partial charge on any atom is 0.357 e. The van der Waals surface area contributed by atoms with Gasteiger partial charge < -0.3 is 14.7 Å². The molecule has 21 heavy (non-hydrogen) atoms. The molecule has 0 bridgehead atoms. The summed E-state index contributed by atoms with van der Waals surface area (Å²) in [7, 11) is 0. The highest BCUT2D eigenvalue weighted by Crippen LogP contribution is 2.19. The lowest BCUT2D eigenvalue weighted by atomic mass is 10.2. The maximum absolute atomic E-state index is 11.7. The van der Waals surface area contributed by atoms with Gasteiger partial charge in [-0.3, -0.25) is 4.79 Å². The van der Waals surface area contributed by atoms with Crippen molar-refractivity contribution in [3.8, 4) is 0 Å². The summed E-state index contributed by atoms with van der Waals surface area (Å²) >= 11 is 1.43. The van der Waals surface area contributed by atoms with Crippen LogP contribution in [0.4, 0.5) is 0 Å². The Morgan fingerprint density at radius 3 is 3.14 bits per heavy atom. The van der Waals surface area contributed by atoms with E-state index in [4.69, 9.17) is 4.74 Å². The predicted molar refractivity (Wildman–Crippen MR) is 78.2 cm³/mol. The summed E-state index contributed by atoms with van der Waals surface area (Å²) in [6, 6.07) is -0.0381. The number of aromatic nitrogens is 1. The second kappa shape index (κ2) is 7.51. The van der Waals surface area contributed by atoms with Crippen molar-refractivity contribution in [1.82, 2.24) is 9.88 Å². The van der Waals surface area contributed by atoms with Gasteiger partial charge in [0.05, 0.1) is 24.3 Å². The minimum Gasteiger partial charge on any atom is -0.461 e. The average Bonchev–Trinajstić information content (AvgIpc) is 3.07. The summed E-state index contributed by atoms with van der Waals surface area (Å²) in [6.07, 6.45) is 2.75. The van der Waals surface area contributed by atoms with Crippen molar-refractivity contribution in [3.05, 3.63) is 16.1 Å². The van der Waals surface area contributed by atoms with Crippen molar-refractivity contribution >= 4 is 23.2 Å². The van der Waals surface area contributed by atoms with E-state index in [2.05, 4.69) is 4.98 Å². The molecule has 1 aromatic rings. The first-order valence-electron chi connectivity index (χ1n) is 7.17. The molecule has 6 nitrogen and oxygen atoms in total. The fraction of sp³-hybridized carbons (Fsp3) is 0.643. The van der Waals surface area contributed by atoms with E-state index in [-0.39, 0.29) is 18.6 Å². The van der Waals surface area contributed by atoms with Gasteiger partial charge in [-0.05, 0) is 19.8 Å². The Morgan fingerprint density at radius 2 is 2.43 bits per heavy atom. The molecule has 0 aromatic carbocycles. The molecule has 1 fully saturated rings. The highest BCUT2D eigenvalue weighted by Gasteiger charge is 2.29. The van der Waals surface area contributed by atoms with Crippen molar-refractivity contribution in [2.45, 2.75) is 38.6 Å². The molecular formula is C14H20N2O4S. The van der Waals surface area contributed by atoms with Crippen molar-refractivity contribution in [2.24, 2.45) is 0 Å². The molecule has 0 spiro atoms. The quantitative estimate of drug-likeness (QED) is 0.766. The van der Waals surface area contributed by atoms with Crippen molar-refractivity contribution in [2.75, 3.05) is 19.8 Å². The Bertz CT molecular complexity index is 503. The van der Waals surface area contributed by atoms with Crippen LogP contribution in [0.15, 0.2) is 5.38 Å². The molecule has 116 valence electrons. The molecule has 1 amide bonds. The molecular weight excluding hydrogens is 292 g/mol. The number of thiazole rings is 1. The molecule has 2 heterocycles. The van der Waals surface area contributed by atoms with E-state index in [0.29, 0.717) is 31.7 Å². The Kier molecular flexibility index (Phi) is 5.69. The molecule has 0 radical (unpaired) electrons. The lowest BCUT2D eigenvalue weighted by Gasteiger charge is -2.22. The van der Waals surface area contributed by atoms with Crippen LogP contribution in [0.25, 0.3) is 0 Å². The third-order valence-electron chi connectivity index (χ3n) is 3.49. The van der Waals surface area contributed by atoms with Gasteiger partial charge in [0.15, 0.2) is 5.69 Å². The summed E-state index contributed by atoms with van der Waals surface area (Å²) < 4.78 is 4.89. The maximum atomic E-state index is 11.7. The Balaban J connectivity index is 1.81. The smallest absolute Gasteiger partial charge is 0.357 e. The van der Waals surface area contributed by atoms with Crippen molar-refractivity contribution in [3.63, 3.8) is 0 Å². The average molecular weight is 312 g/mol. The van der Waals surface area contributed by atoms with E-state index in [9.17, 15) is 14.7 Å². The number of amides is 1. The SMILES string of the molecule is CCOC(=O)c1csc(CCCN2C(=O)CCC2CO)n1. The van der Waals surface area contributed by atoms with E-state index in [0.717, 1.165) is 17.8 Å². The zero-order valence-electron chi connectivity index (χ0n) is 12.1. The van der Waals surface area contributed by atoms with E-state index < -0.39 is 5.97 Å². The topological polar surface area (TPSA) is 79.7 Å². The lowest BCUT2D eigenvalue weighted by molar-refractivity contribution is -0.129. The Hall–Kier alpha value is -1.47. The van der Waals surface area contributed by atoms with E-state index in [1.165, 1.54) is 11.3 Å². The van der Waals surface area contributed by atoms with Gasteiger partial charge in [-0.1, -0.05) is 0 Å². The van der Waals surface area contributed by atoms with Gasteiger partial charge in [0, 0.05) is 24.8 Å². The molecule has 1 N–H and O–H groups in total. The minimum absolute atomic E-state index is 0.0238. The molecule has 2 rings (SSSR count). The summed E-state index contributed by atoms with van der Waals surface area (Å²) in [5.41, 5.74) is 0.349. The molecule has 1 aromatic heterocycles. The molecule has 1 saturated heterocycles. The molecule has 0 saturated carbocycles. The number of carbonyl (C=O) groups is 2. The van der Waals surface area contributed by atoms with Crippen molar-refractivity contribution in [1.29, 1.82) is 0 Å². The Labute approximate surface area is 127 Å². The second-order valence-corrected chi connectivity index (χ2v) is 5.86. The highest BCUT2D eigenvalue weighted by atomic mass is 32.1. The second-order valence-electron chi connectivity index (χ2n) is 4.91. The van der Waals surface area contributed by atoms with Crippen LogP contribution < -0.4 is 0 Å². The number of carbonyl (C=O) groups excluding carboxylic acids is 2. The van der Waals surface area contributed by atoms with Crippen LogP contribution in [0.5, 0.6) is 0 Å². The first-order chi connectivity index (χ1) is 10.2. The number of aliphatic hydroxyl groups is 1. The number of likely N-dealkylation sites (tertiary alicyclic amines) is 1. The van der Waals surface area contributed by atoms with E-state index in [1.807, 2.05) is 0 Å². The zero-order chi connectivity index (χ0) is 15.2. The number of esters is 1. The van der Waals surface area contributed by atoms with Crippen molar-refractivity contribution < 1.29 is 19.4 Å². The number of aryl methyl sites for hydroxylation is 1. The van der Waals surface area contributed by atoms with Gasteiger partial charge >= 0.3 is 5.97 Å². The van der Waals surface area contributed by atoms with Gasteiger partial charge in [-0.15, -0.1) is 11.3 Å². The van der Waals surface area contributed by atoms with Gasteiger partial charge in [0.2, 0.25) is 5.91 Å². The summed E-state index contributed by atoms with van der Waals surface area (Å²) in [5.74, 6) is -0.282. The van der Waals surface area contributed by atoms with Gasteiger partial charge in [-0.25, -0.2) is 9.78 Å². The number of aliphatic hydroxyl groups excluding tert-OH is 1. The number of hydrogen-bond acceptors (Lipinski definition) is 6. The summed E-state index contributed by atoms with van der Waals surface area (Å²) in [4.78, 5) is 29.2. The fourth-order valence-electron chi connectivity index (χ4n) is 2.42. The number of hydrogen-bond donors (Lipinski definition) is 1. The monoisotopic (exact) mass is 312 g/mol. The number of nitrogens with zero attached hydrogens (tertiary/aromatic N) is 2. The van der Waals surface area contributed by atoms with Crippen LogP contribution in [0.2, 0.25) is 0 Å². The highest BCUT2D eigenvalue weighted by molar-refractivity contribution is 7.09. The van der Waals surface area contributed by atoms with Crippen LogP contribution in [-0.4, -0.2) is 52.7 Å². The van der Waals surface area contributed by atoms with Gasteiger partial charge in [0.1, 0.15) is 0 Å². The lowest BCUT2D eigenvalue weighted by Crippen LogP contribution is -2.36. The van der Waals surface area contributed by atoms with E-state index in [1.54, 1.807) is 17.2 Å². The van der Waals surface area contributed by atoms with Crippen LogP contribution >= 0.6 is 11.3 Å². The molecule has 1 unspecified atom stereocenters. The summed E-state index contributed by atoms with van der Waals surface area (Å²) in [5, 5.41) is 11.8. The molecule has 7 heteroatoms. The minimum atomic E-state index is -0.393. The third kappa shape index (κ3) is 4.01. The molecule has 1 atom stereocenters. The van der Waals surface area contributed by atoms with Crippen LogP contribution in [0.1, 0.15) is 41.7 Å². The van der Waals surface area contributed by atoms with Crippen LogP contribution in [-0.2, 0) is 16.0 Å². The predicted octanol–water partition coefficient (Wildman–Crippen LogP) is 1.24. The first kappa shape index (κ1) is 15.9. The van der Waals surface area contributed by atoms with Gasteiger partial charge in [-0.2, -0.15) is 0 Å². The first-order valence-corrected chi connectivity index (χ1v) is 8.05.